The largest absolute Gasteiger partial charge is 0.493 e. The quantitative estimate of drug-likeness (QED) is 0.443. The molecule has 0 amide bonds. The molecule has 0 aliphatic rings. The minimum Gasteiger partial charge on any atom is -0.493 e. The monoisotopic (exact) mass is 445 g/mol. The highest BCUT2D eigenvalue weighted by molar-refractivity contribution is 9.10. The van der Waals surface area contributed by atoms with Gasteiger partial charge in [-0.25, -0.2) is 0 Å². The minimum absolute atomic E-state index is 0.421. The summed E-state index contributed by atoms with van der Waals surface area (Å²) in [6, 6.07) is 20.0. The lowest BCUT2D eigenvalue weighted by molar-refractivity contribution is 0.284. The van der Waals surface area contributed by atoms with Crippen molar-refractivity contribution in [1.82, 2.24) is 0 Å². The molecule has 3 aromatic rings. The Balaban J connectivity index is 1.72. The Morgan fingerprint density at radius 2 is 1.74 bits per heavy atom. The van der Waals surface area contributed by atoms with Crippen LogP contribution in [0.4, 0.5) is 5.69 Å². The molecule has 5 heteroatoms. The fourth-order valence-corrected chi connectivity index (χ4v) is 3.27. The van der Waals surface area contributed by atoms with Crippen LogP contribution in [0.5, 0.6) is 11.5 Å². The number of hydrogen-bond donors (Lipinski definition) is 1. The first-order valence-corrected chi connectivity index (χ1v) is 9.77. The zero-order valence-corrected chi connectivity index (χ0v) is 17.6. The molecule has 3 nitrogen and oxygen atoms in total. The van der Waals surface area contributed by atoms with Gasteiger partial charge in [-0.05, 0) is 53.9 Å². The summed E-state index contributed by atoms with van der Waals surface area (Å²) in [5.74, 6) is 1.18. The van der Waals surface area contributed by atoms with E-state index in [1.807, 2.05) is 48.5 Å². The molecular formula is C22H21BrClNO2. The van der Waals surface area contributed by atoms with Crippen molar-refractivity contribution in [2.45, 2.75) is 20.1 Å². The molecule has 27 heavy (non-hydrogen) atoms. The second-order valence-electron chi connectivity index (χ2n) is 6.19. The normalized spacial score (nSPS) is 10.5. The van der Waals surface area contributed by atoms with Crippen molar-refractivity contribution >= 4 is 33.2 Å². The van der Waals surface area contributed by atoms with Crippen molar-refractivity contribution in [1.29, 1.82) is 0 Å². The Labute approximate surface area is 173 Å². The number of para-hydroxylation sites is 1. The van der Waals surface area contributed by atoms with Gasteiger partial charge in [-0.15, -0.1) is 0 Å². The highest BCUT2D eigenvalue weighted by atomic mass is 79.9. The number of methoxy groups -OCH3 is 1. The summed E-state index contributed by atoms with van der Waals surface area (Å²) >= 11 is 9.91. The van der Waals surface area contributed by atoms with Gasteiger partial charge in [0.25, 0.3) is 0 Å². The Bertz CT molecular complexity index is 913. The fraction of sp³-hybridized carbons (Fsp3) is 0.182. The van der Waals surface area contributed by atoms with Crippen molar-refractivity contribution in [2.75, 3.05) is 12.4 Å². The number of hydrogen-bond acceptors (Lipinski definition) is 3. The van der Waals surface area contributed by atoms with E-state index in [4.69, 9.17) is 21.1 Å². The van der Waals surface area contributed by atoms with E-state index in [1.54, 1.807) is 7.11 Å². The second kappa shape index (κ2) is 9.16. The molecule has 3 aromatic carbocycles. The first kappa shape index (κ1) is 19.6. The lowest BCUT2D eigenvalue weighted by atomic mass is 10.1. The molecule has 0 aliphatic carbocycles. The van der Waals surface area contributed by atoms with E-state index in [0.29, 0.717) is 29.7 Å². The van der Waals surface area contributed by atoms with Gasteiger partial charge in [-0.3, -0.25) is 0 Å². The van der Waals surface area contributed by atoms with Crippen LogP contribution in [0.15, 0.2) is 65.1 Å². The van der Waals surface area contributed by atoms with E-state index in [-0.39, 0.29) is 0 Å². The number of nitrogens with one attached hydrogen (secondary N) is 1. The molecule has 0 fully saturated rings. The summed E-state index contributed by atoms with van der Waals surface area (Å²) in [6.07, 6.45) is 0. The average Bonchev–Trinajstić information content (AvgIpc) is 2.67. The van der Waals surface area contributed by atoms with Gasteiger partial charge in [0.05, 0.1) is 12.1 Å². The number of halogens is 2. The minimum atomic E-state index is 0.421. The lowest BCUT2D eigenvalue weighted by Gasteiger charge is -2.15. The van der Waals surface area contributed by atoms with E-state index >= 15 is 0 Å². The standard InChI is InChI=1S/C22H21BrClNO2/c1-15-5-3-4-6-20(15)25-13-17-11-19(24)22(21(12-17)26-2)27-14-16-7-9-18(23)10-8-16/h3-12,25H,13-14H2,1-2H3. The maximum Gasteiger partial charge on any atom is 0.180 e. The first-order valence-electron chi connectivity index (χ1n) is 8.60. The van der Waals surface area contributed by atoms with Gasteiger partial charge in [-0.1, -0.05) is 57.9 Å². The molecule has 0 saturated heterocycles. The first-order chi connectivity index (χ1) is 13.1. The van der Waals surface area contributed by atoms with Gasteiger partial charge < -0.3 is 14.8 Å². The van der Waals surface area contributed by atoms with Crippen LogP contribution in [0.2, 0.25) is 5.02 Å². The summed E-state index contributed by atoms with van der Waals surface area (Å²) in [4.78, 5) is 0. The van der Waals surface area contributed by atoms with Crippen molar-refractivity contribution in [3.8, 4) is 11.5 Å². The zero-order chi connectivity index (χ0) is 19.2. The molecule has 0 saturated carbocycles. The summed E-state index contributed by atoms with van der Waals surface area (Å²) in [7, 11) is 1.62. The molecule has 0 unspecified atom stereocenters. The smallest absolute Gasteiger partial charge is 0.180 e. The Morgan fingerprint density at radius 1 is 1.00 bits per heavy atom. The molecule has 0 spiro atoms. The third-order valence-electron chi connectivity index (χ3n) is 4.21. The van der Waals surface area contributed by atoms with Gasteiger partial charge in [-0.2, -0.15) is 0 Å². The SMILES string of the molecule is COc1cc(CNc2ccccc2C)cc(Cl)c1OCc1ccc(Br)cc1. The summed E-state index contributed by atoms with van der Waals surface area (Å²) < 4.78 is 12.5. The van der Waals surface area contributed by atoms with Crippen LogP contribution in [0.25, 0.3) is 0 Å². The van der Waals surface area contributed by atoms with Crippen molar-refractivity contribution < 1.29 is 9.47 Å². The number of anilines is 1. The molecule has 140 valence electrons. The average molecular weight is 447 g/mol. The van der Waals surface area contributed by atoms with E-state index < -0.39 is 0 Å². The molecule has 0 bridgehead atoms. The van der Waals surface area contributed by atoms with Crippen LogP contribution in [0.3, 0.4) is 0 Å². The third kappa shape index (κ3) is 5.18. The molecule has 0 heterocycles. The zero-order valence-electron chi connectivity index (χ0n) is 15.3. The van der Waals surface area contributed by atoms with Crippen LogP contribution < -0.4 is 14.8 Å². The number of ether oxygens (including phenoxy) is 2. The van der Waals surface area contributed by atoms with Crippen molar-refractivity contribution in [3.05, 3.63) is 86.8 Å². The van der Waals surface area contributed by atoms with Crippen molar-refractivity contribution in [3.63, 3.8) is 0 Å². The van der Waals surface area contributed by atoms with Gasteiger partial charge in [0.15, 0.2) is 11.5 Å². The fourth-order valence-electron chi connectivity index (χ4n) is 2.72. The molecule has 1 N–H and O–H groups in total. The van der Waals surface area contributed by atoms with Crippen LogP contribution in [-0.2, 0) is 13.2 Å². The Kier molecular flexibility index (Phi) is 6.64. The topological polar surface area (TPSA) is 30.5 Å². The highest BCUT2D eigenvalue weighted by Gasteiger charge is 2.12. The van der Waals surface area contributed by atoms with Crippen LogP contribution in [-0.4, -0.2) is 7.11 Å². The van der Waals surface area contributed by atoms with Crippen LogP contribution in [0.1, 0.15) is 16.7 Å². The number of rotatable bonds is 7. The summed E-state index contributed by atoms with van der Waals surface area (Å²) in [5.41, 5.74) is 4.38. The Morgan fingerprint density at radius 3 is 2.44 bits per heavy atom. The molecule has 0 aliphatic heterocycles. The van der Waals surface area contributed by atoms with Crippen LogP contribution >= 0.6 is 27.5 Å². The summed E-state index contributed by atoms with van der Waals surface area (Å²) in [5, 5.41) is 3.97. The maximum absolute atomic E-state index is 6.48. The molecular weight excluding hydrogens is 426 g/mol. The van der Waals surface area contributed by atoms with Gasteiger partial charge in [0, 0.05) is 16.7 Å². The van der Waals surface area contributed by atoms with Crippen LogP contribution in [0, 0.1) is 6.92 Å². The molecule has 0 radical (unpaired) electrons. The maximum atomic E-state index is 6.48. The van der Waals surface area contributed by atoms with Crippen molar-refractivity contribution in [2.24, 2.45) is 0 Å². The van der Waals surface area contributed by atoms with Gasteiger partial charge in [0.2, 0.25) is 0 Å². The third-order valence-corrected chi connectivity index (χ3v) is 5.02. The number of benzene rings is 3. The second-order valence-corrected chi connectivity index (χ2v) is 7.52. The van der Waals surface area contributed by atoms with E-state index in [1.165, 1.54) is 5.56 Å². The molecule has 0 aromatic heterocycles. The van der Waals surface area contributed by atoms with E-state index in [2.05, 4.69) is 40.3 Å². The highest BCUT2D eigenvalue weighted by Crippen LogP contribution is 2.37. The molecule has 0 atom stereocenters. The number of aryl methyl sites for hydroxylation is 1. The van der Waals surface area contributed by atoms with E-state index in [0.717, 1.165) is 21.3 Å². The van der Waals surface area contributed by atoms with Gasteiger partial charge in [0.1, 0.15) is 6.61 Å². The predicted molar refractivity (Wildman–Crippen MR) is 115 cm³/mol. The Hall–Kier alpha value is -2.17. The molecule has 3 rings (SSSR count). The summed E-state index contributed by atoms with van der Waals surface area (Å²) in [6.45, 7) is 3.15. The van der Waals surface area contributed by atoms with E-state index in [9.17, 15) is 0 Å². The lowest BCUT2D eigenvalue weighted by Crippen LogP contribution is -2.03. The van der Waals surface area contributed by atoms with Gasteiger partial charge >= 0.3 is 0 Å². The predicted octanol–water partition coefficient (Wildman–Crippen LogP) is 6.61.